The van der Waals surface area contributed by atoms with E-state index in [1.54, 1.807) is 13.0 Å². The van der Waals surface area contributed by atoms with Crippen molar-refractivity contribution in [2.45, 2.75) is 51.6 Å². The molecule has 0 bridgehead atoms. The van der Waals surface area contributed by atoms with Crippen LogP contribution in [-0.4, -0.2) is 26.6 Å². The standard InChI is InChI=1S/C22H26Cl2N2O3S/c1-4-21(26(30(3,28)29)18-10-11-19(23)20(24)13-18)22(27)25-14(2)16-9-8-15-6-5-7-17(15)12-16/h8-14,21H,4-7H2,1-3H3,(H,25,27)/t14-,21+/m0/s1. The molecule has 1 N–H and O–H groups in total. The van der Waals surface area contributed by atoms with E-state index < -0.39 is 16.1 Å². The van der Waals surface area contributed by atoms with Gasteiger partial charge in [-0.2, -0.15) is 0 Å². The highest BCUT2D eigenvalue weighted by Crippen LogP contribution is 2.31. The topological polar surface area (TPSA) is 66.5 Å². The fraction of sp³-hybridized carbons (Fsp3) is 0.409. The Morgan fingerprint density at radius 2 is 1.80 bits per heavy atom. The Labute approximate surface area is 188 Å². The van der Waals surface area contributed by atoms with Crippen LogP contribution in [0.1, 0.15) is 49.4 Å². The van der Waals surface area contributed by atoms with E-state index in [-0.39, 0.29) is 17.0 Å². The molecule has 1 aliphatic carbocycles. The Morgan fingerprint density at radius 3 is 2.43 bits per heavy atom. The minimum atomic E-state index is -3.74. The molecule has 2 aromatic carbocycles. The molecule has 0 saturated heterocycles. The Bertz CT molecular complexity index is 1060. The largest absolute Gasteiger partial charge is 0.348 e. The molecular formula is C22H26Cl2N2O3S. The molecule has 3 rings (SSSR count). The highest BCUT2D eigenvalue weighted by molar-refractivity contribution is 7.92. The lowest BCUT2D eigenvalue weighted by Crippen LogP contribution is -2.49. The number of anilines is 1. The summed E-state index contributed by atoms with van der Waals surface area (Å²) in [7, 11) is -3.74. The maximum absolute atomic E-state index is 13.1. The van der Waals surface area contributed by atoms with Crippen LogP contribution in [0.5, 0.6) is 0 Å². The summed E-state index contributed by atoms with van der Waals surface area (Å²) in [4.78, 5) is 13.1. The molecule has 2 atom stereocenters. The number of fused-ring (bicyclic) bond motifs is 1. The average Bonchev–Trinajstić information content (AvgIpc) is 3.15. The van der Waals surface area contributed by atoms with E-state index in [1.165, 1.54) is 23.3 Å². The monoisotopic (exact) mass is 468 g/mol. The van der Waals surface area contributed by atoms with Gasteiger partial charge in [0.25, 0.3) is 0 Å². The van der Waals surface area contributed by atoms with Gasteiger partial charge in [0.15, 0.2) is 0 Å². The third-order valence-corrected chi connectivity index (χ3v) is 7.39. The molecule has 0 spiro atoms. The fourth-order valence-corrected chi connectivity index (χ4v) is 5.43. The minimum absolute atomic E-state index is 0.226. The van der Waals surface area contributed by atoms with Crippen molar-refractivity contribution < 1.29 is 13.2 Å². The summed E-state index contributed by atoms with van der Waals surface area (Å²) < 4.78 is 26.3. The van der Waals surface area contributed by atoms with E-state index >= 15 is 0 Å². The summed E-state index contributed by atoms with van der Waals surface area (Å²) in [6.45, 7) is 3.69. The van der Waals surface area contributed by atoms with Gasteiger partial charge in [0.1, 0.15) is 6.04 Å². The van der Waals surface area contributed by atoms with Gasteiger partial charge in [-0.15, -0.1) is 0 Å². The fourth-order valence-electron chi connectivity index (χ4n) is 3.94. The molecule has 0 aromatic heterocycles. The number of hydrogen-bond donors (Lipinski definition) is 1. The summed E-state index contributed by atoms with van der Waals surface area (Å²) in [6, 6.07) is 9.68. The summed E-state index contributed by atoms with van der Waals surface area (Å²) in [6.07, 6.45) is 4.69. The van der Waals surface area contributed by atoms with Crippen molar-refractivity contribution in [3.8, 4) is 0 Å². The van der Waals surface area contributed by atoms with E-state index in [9.17, 15) is 13.2 Å². The Kier molecular flexibility index (Phi) is 7.00. The van der Waals surface area contributed by atoms with Crippen LogP contribution in [0.25, 0.3) is 0 Å². The number of amides is 1. The lowest BCUT2D eigenvalue weighted by Gasteiger charge is -2.31. The van der Waals surface area contributed by atoms with E-state index in [2.05, 4.69) is 17.4 Å². The summed E-state index contributed by atoms with van der Waals surface area (Å²) in [5.41, 5.74) is 4.01. The zero-order valence-corrected chi connectivity index (χ0v) is 19.6. The van der Waals surface area contributed by atoms with Gasteiger partial charge in [0, 0.05) is 0 Å². The van der Waals surface area contributed by atoms with E-state index in [4.69, 9.17) is 23.2 Å². The van der Waals surface area contributed by atoms with Gasteiger partial charge in [-0.1, -0.05) is 48.3 Å². The number of hydrogen-bond acceptors (Lipinski definition) is 3. The molecule has 0 unspecified atom stereocenters. The first-order valence-corrected chi connectivity index (χ1v) is 12.6. The molecule has 1 aliphatic rings. The molecule has 0 fully saturated rings. The predicted molar refractivity (Wildman–Crippen MR) is 123 cm³/mol. The number of carbonyl (C=O) groups is 1. The number of sulfonamides is 1. The second kappa shape index (κ2) is 9.16. The second-order valence-corrected chi connectivity index (χ2v) is 10.4. The smallest absolute Gasteiger partial charge is 0.244 e. The summed E-state index contributed by atoms with van der Waals surface area (Å²) in [5, 5.41) is 3.53. The molecule has 162 valence electrons. The number of carbonyl (C=O) groups excluding carboxylic acids is 1. The number of nitrogens with zero attached hydrogens (tertiary/aromatic N) is 1. The lowest BCUT2D eigenvalue weighted by molar-refractivity contribution is -0.122. The zero-order chi connectivity index (χ0) is 22.1. The predicted octanol–water partition coefficient (Wildman–Crippen LogP) is 4.90. The van der Waals surface area contributed by atoms with Crippen LogP contribution in [0.2, 0.25) is 10.0 Å². The first kappa shape index (κ1) is 22.9. The maximum atomic E-state index is 13.1. The number of aryl methyl sites for hydroxylation is 2. The van der Waals surface area contributed by atoms with Crippen LogP contribution in [0.4, 0.5) is 5.69 Å². The average molecular weight is 469 g/mol. The Hall–Kier alpha value is -1.76. The summed E-state index contributed by atoms with van der Waals surface area (Å²) in [5.74, 6) is -0.359. The van der Waals surface area contributed by atoms with Crippen molar-refractivity contribution in [2.24, 2.45) is 0 Å². The number of halogens is 2. The van der Waals surface area contributed by atoms with Crippen LogP contribution in [0.3, 0.4) is 0 Å². The molecule has 0 radical (unpaired) electrons. The third kappa shape index (κ3) is 4.93. The van der Waals surface area contributed by atoms with E-state index in [1.807, 2.05) is 13.0 Å². The van der Waals surface area contributed by atoms with E-state index in [0.717, 1.165) is 35.4 Å². The first-order chi connectivity index (χ1) is 14.1. The molecule has 0 heterocycles. The number of benzene rings is 2. The highest BCUT2D eigenvalue weighted by atomic mass is 35.5. The van der Waals surface area contributed by atoms with Gasteiger partial charge in [-0.3, -0.25) is 9.10 Å². The molecule has 30 heavy (non-hydrogen) atoms. The normalized spacial score (nSPS) is 15.4. The van der Waals surface area contributed by atoms with Crippen LogP contribution < -0.4 is 9.62 Å². The third-order valence-electron chi connectivity index (χ3n) is 5.47. The molecule has 2 aromatic rings. The number of nitrogens with one attached hydrogen (secondary N) is 1. The van der Waals surface area contributed by atoms with Crippen molar-refractivity contribution in [1.29, 1.82) is 0 Å². The summed E-state index contributed by atoms with van der Waals surface area (Å²) >= 11 is 12.1. The lowest BCUT2D eigenvalue weighted by atomic mass is 10.0. The van der Waals surface area contributed by atoms with Crippen molar-refractivity contribution >= 4 is 44.8 Å². The quantitative estimate of drug-likeness (QED) is 0.627. The van der Waals surface area contributed by atoms with Crippen LogP contribution >= 0.6 is 23.2 Å². The van der Waals surface area contributed by atoms with Crippen molar-refractivity contribution in [3.63, 3.8) is 0 Å². The van der Waals surface area contributed by atoms with Gasteiger partial charge in [-0.25, -0.2) is 8.42 Å². The van der Waals surface area contributed by atoms with Crippen LogP contribution in [-0.2, 0) is 27.7 Å². The highest BCUT2D eigenvalue weighted by Gasteiger charge is 2.32. The van der Waals surface area contributed by atoms with Crippen molar-refractivity contribution in [2.75, 3.05) is 10.6 Å². The van der Waals surface area contributed by atoms with Gasteiger partial charge in [0.2, 0.25) is 15.9 Å². The molecule has 0 aliphatic heterocycles. The molecule has 1 amide bonds. The molecule has 8 heteroatoms. The SMILES string of the molecule is CC[C@H](C(=O)N[C@@H](C)c1ccc2c(c1)CCC2)N(c1ccc(Cl)c(Cl)c1)S(C)(=O)=O. The molecule has 0 saturated carbocycles. The van der Waals surface area contributed by atoms with Crippen LogP contribution in [0, 0.1) is 0 Å². The van der Waals surface area contributed by atoms with Gasteiger partial charge < -0.3 is 5.32 Å². The van der Waals surface area contributed by atoms with Gasteiger partial charge in [-0.05, 0) is 67.5 Å². The maximum Gasteiger partial charge on any atom is 0.244 e. The molecular weight excluding hydrogens is 443 g/mol. The van der Waals surface area contributed by atoms with E-state index in [0.29, 0.717) is 17.1 Å². The molecule has 5 nitrogen and oxygen atoms in total. The van der Waals surface area contributed by atoms with Crippen LogP contribution in [0.15, 0.2) is 36.4 Å². The zero-order valence-electron chi connectivity index (χ0n) is 17.3. The Balaban J connectivity index is 1.86. The number of rotatable bonds is 7. The van der Waals surface area contributed by atoms with Crippen molar-refractivity contribution in [3.05, 3.63) is 63.1 Å². The Morgan fingerprint density at radius 1 is 1.10 bits per heavy atom. The van der Waals surface area contributed by atoms with Crippen molar-refractivity contribution in [1.82, 2.24) is 5.32 Å². The minimum Gasteiger partial charge on any atom is -0.348 e. The van der Waals surface area contributed by atoms with Gasteiger partial charge in [0.05, 0.1) is 28.0 Å². The first-order valence-electron chi connectivity index (χ1n) is 9.98. The second-order valence-electron chi connectivity index (χ2n) is 7.69. The van der Waals surface area contributed by atoms with Gasteiger partial charge >= 0.3 is 0 Å².